The third-order valence-electron chi connectivity index (χ3n) is 3.60. The van der Waals surface area contributed by atoms with Crippen LogP contribution in [-0.4, -0.2) is 57.6 Å². The second kappa shape index (κ2) is 8.56. The summed E-state index contributed by atoms with van der Waals surface area (Å²) in [6.07, 6.45) is -13.8. The largest absolute Gasteiger partial charge is 0.450 e. The van der Waals surface area contributed by atoms with Crippen molar-refractivity contribution in [2.24, 2.45) is 5.92 Å². The van der Waals surface area contributed by atoms with Crippen LogP contribution in [0.4, 0.5) is 26.3 Å². The molecule has 1 saturated heterocycles. The highest BCUT2D eigenvalue weighted by Gasteiger charge is 2.44. The van der Waals surface area contributed by atoms with Crippen molar-refractivity contribution in [3.8, 4) is 0 Å². The van der Waals surface area contributed by atoms with Gasteiger partial charge in [0.1, 0.15) is 16.3 Å². The number of carbonyl (C=O) groups excluding carboxylic acids is 1. The van der Waals surface area contributed by atoms with Crippen LogP contribution in [-0.2, 0) is 24.1 Å². The summed E-state index contributed by atoms with van der Waals surface area (Å²) >= 11 is 0. The minimum absolute atomic E-state index is 0.0118. The molecule has 0 aliphatic carbocycles. The highest BCUT2D eigenvalue weighted by molar-refractivity contribution is 7.91. The minimum atomic E-state index is -5.06. The molecule has 0 saturated carbocycles. The van der Waals surface area contributed by atoms with E-state index >= 15 is 0 Å². The SMILES string of the molecule is O=C(CC(F)(F)F)OC(COCCC1CCS(=O)(=O)CC1)C(F)(F)F. The number of alkyl halides is 6. The summed E-state index contributed by atoms with van der Waals surface area (Å²) < 4.78 is 105. The van der Waals surface area contributed by atoms with Crippen LogP contribution in [0.25, 0.3) is 0 Å². The molecule has 1 aliphatic rings. The van der Waals surface area contributed by atoms with Crippen LogP contribution in [0.2, 0.25) is 0 Å². The Kier molecular flexibility index (Phi) is 7.54. The maximum absolute atomic E-state index is 12.7. The van der Waals surface area contributed by atoms with Crippen molar-refractivity contribution in [2.45, 2.75) is 44.1 Å². The van der Waals surface area contributed by atoms with Gasteiger partial charge < -0.3 is 9.47 Å². The summed E-state index contributed by atoms with van der Waals surface area (Å²) in [5, 5.41) is 0. The van der Waals surface area contributed by atoms with Gasteiger partial charge in [-0.05, 0) is 25.2 Å². The van der Waals surface area contributed by atoms with Gasteiger partial charge in [0.2, 0.25) is 6.10 Å². The topological polar surface area (TPSA) is 69.7 Å². The molecule has 0 N–H and O–H groups in total. The number of hydrogen-bond acceptors (Lipinski definition) is 5. The van der Waals surface area contributed by atoms with Gasteiger partial charge in [0, 0.05) is 6.61 Å². The standard InChI is InChI=1S/C13H18F6O5S/c14-12(15,16)7-11(20)24-10(13(17,18)19)8-23-4-1-9-2-5-25(21,22)6-3-9/h9-10H,1-8H2. The average Bonchev–Trinajstić information content (AvgIpc) is 2.40. The van der Waals surface area contributed by atoms with Gasteiger partial charge in [0.25, 0.3) is 0 Å². The molecule has 0 bridgehead atoms. The van der Waals surface area contributed by atoms with Crippen LogP contribution in [0, 0.1) is 5.92 Å². The van der Waals surface area contributed by atoms with E-state index in [0.717, 1.165) is 0 Å². The predicted molar refractivity (Wildman–Crippen MR) is 73.4 cm³/mol. The molecule has 148 valence electrons. The lowest BCUT2D eigenvalue weighted by atomic mass is 10.00. The molecule has 1 heterocycles. The van der Waals surface area contributed by atoms with E-state index in [4.69, 9.17) is 4.74 Å². The normalized spacial score (nSPS) is 20.2. The van der Waals surface area contributed by atoms with E-state index in [-0.39, 0.29) is 24.0 Å². The Morgan fingerprint density at radius 1 is 1.08 bits per heavy atom. The summed E-state index contributed by atoms with van der Waals surface area (Å²) in [6.45, 7) is -1.26. The maximum Gasteiger partial charge on any atom is 0.427 e. The fourth-order valence-electron chi connectivity index (χ4n) is 2.23. The van der Waals surface area contributed by atoms with Gasteiger partial charge in [-0.15, -0.1) is 0 Å². The van der Waals surface area contributed by atoms with E-state index in [0.29, 0.717) is 19.3 Å². The molecule has 1 aliphatic heterocycles. The van der Waals surface area contributed by atoms with E-state index in [2.05, 4.69) is 4.74 Å². The number of sulfone groups is 1. The predicted octanol–water partition coefficient (Wildman–Crippen LogP) is 2.64. The first-order valence-electron chi connectivity index (χ1n) is 7.39. The lowest BCUT2D eigenvalue weighted by Gasteiger charge is -2.23. The number of hydrogen-bond donors (Lipinski definition) is 0. The lowest BCUT2D eigenvalue weighted by molar-refractivity contribution is -0.237. The molecular weight excluding hydrogens is 382 g/mol. The van der Waals surface area contributed by atoms with E-state index in [1.54, 1.807) is 0 Å². The zero-order chi connectivity index (χ0) is 19.3. The summed E-state index contributed by atoms with van der Waals surface area (Å²) in [7, 11) is -3.05. The third kappa shape index (κ3) is 9.28. The Bertz CT molecular complexity index is 528. The summed E-state index contributed by atoms with van der Waals surface area (Å²) in [4.78, 5) is 10.9. The third-order valence-corrected chi connectivity index (χ3v) is 5.31. The molecule has 5 nitrogen and oxygen atoms in total. The molecule has 0 spiro atoms. The molecule has 1 atom stereocenters. The van der Waals surface area contributed by atoms with Crippen molar-refractivity contribution >= 4 is 15.8 Å². The molecule has 0 aromatic heterocycles. The number of halogens is 6. The van der Waals surface area contributed by atoms with Crippen molar-refractivity contribution in [3.05, 3.63) is 0 Å². The number of carbonyl (C=O) groups is 1. The van der Waals surface area contributed by atoms with Crippen molar-refractivity contribution in [3.63, 3.8) is 0 Å². The molecule has 12 heteroatoms. The number of rotatable bonds is 7. The van der Waals surface area contributed by atoms with Crippen LogP contribution in [0.1, 0.15) is 25.7 Å². The first kappa shape index (κ1) is 22.0. The van der Waals surface area contributed by atoms with Crippen molar-refractivity contribution in [1.82, 2.24) is 0 Å². The van der Waals surface area contributed by atoms with Crippen LogP contribution >= 0.6 is 0 Å². The molecule has 0 aromatic rings. The zero-order valence-electron chi connectivity index (χ0n) is 13.0. The van der Waals surface area contributed by atoms with Crippen molar-refractivity contribution < 1.29 is 49.0 Å². The molecular formula is C13H18F6O5S. The average molecular weight is 400 g/mol. The second-order valence-corrected chi connectivity index (χ2v) is 8.07. The lowest BCUT2D eigenvalue weighted by Crippen LogP contribution is -2.38. The zero-order valence-corrected chi connectivity index (χ0v) is 13.8. The Morgan fingerprint density at radius 3 is 2.12 bits per heavy atom. The van der Waals surface area contributed by atoms with Crippen LogP contribution < -0.4 is 0 Å². The van der Waals surface area contributed by atoms with Crippen molar-refractivity contribution in [1.29, 1.82) is 0 Å². The molecule has 0 amide bonds. The fraction of sp³-hybridized carbons (Fsp3) is 0.923. The quantitative estimate of drug-likeness (QED) is 0.373. The molecule has 25 heavy (non-hydrogen) atoms. The second-order valence-electron chi connectivity index (χ2n) is 5.77. The van der Waals surface area contributed by atoms with Gasteiger partial charge >= 0.3 is 18.3 Å². The van der Waals surface area contributed by atoms with Crippen LogP contribution in [0.3, 0.4) is 0 Å². The Hall–Kier alpha value is -1.04. The molecule has 0 aromatic carbocycles. The Balaban J connectivity index is 2.38. The van der Waals surface area contributed by atoms with Crippen LogP contribution in [0.5, 0.6) is 0 Å². The smallest absolute Gasteiger partial charge is 0.427 e. The van der Waals surface area contributed by atoms with E-state index < -0.39 is 47.3 Å². The highest BCUT2D eigenvalue weighted by atomic mass is 32.2. The first-order chi connectivity index (χ1) is 11.3. The molecule has 1 fully saturated rings. The summed E-state index contributed by atoms with van der Waals surface area (Å²) in [5.74, 6) is -2.02. The van der Waals surface area contributed by atoms with Crippen molar-refractivity contribution in [2.75, 3.05) is 24.7 Å². The van der Waals surface area contributed by atoms with Gasteiger partial charge in [-0.3, -0.25) is 4.79 Å². The summed E-state index contributed by atoms with van der Waals surface area (Å²) in [5.41, 5.74) is 0. The van der Waals surface area contributed by atoms with Gasteiger partial charge in [-0.2, -0.15) is 26.3 Å². The molecule has 0 radical (unpaired) electrons. The first-order valence-corrected chi connectivity index (χ1v) is 9.22. The van der Waals surface area contributed by atoms with E-state index in [1.807, 2.05) is 0 Å². The Morgan fingerprint density at radius 2 is 1.64 bits per heavy atom. The number of esters is 1. The molecule has 1 rings (SSSR count). The minimum Gasteiger partial charge on any atom is -0.450 e. The van der Waals surface area contributed by atoms with E-state index in [1.165, 1.54) is 0 Å². The summed E-state index contributed by atoms with van der Waals surface area (Å²) in [6, 6.07) is 0. The monoisotopic (exact) mass is 400 g/mol. The van der Waals surface area contributed by atoms with Crippen LogP contribution in [0.15, 0.2) is 0 Å². The van der Waals surface area contributed by atoms with Gasteiger partial charge in [0.05, 0.1) is 18.1 Å². The number of ether oxygens (including phenoxy) is 2. The maximum atomic E-state index is 12.7. The van der Waals surface area contributed by atoms with Gasteiger partial charge in [-0.25, -0.2) is 8.42 Å². The highest BCUT2D eigenvalue weighted by Crippen LogP contribution is 2.27. The van der Waals surface area contributed by atoms with E-state index in [9.17, 15) is 39.6 Å². The van der Waals surface area contributed by atoms with Gasteiger partial charge in [0.15, 0.2) is 0 Å². The fourth-order valence-corrected chi connectivity index (χ4v) is 3.82. The Labute approximate surface area is 140 Å². The van der Waals surface area contributed by atoms with Gasteiger partial charge in [-0.1, -0.05) is 0 Å². The molecule has 1 unspecified atom stereocenters.